The molecule has 2 rings (SSSR count). The van der Waals surface area contributed by atoms with E-state index in [9.17, 15) is 0 Å². The van der Waals surface area contributed by atoms with Crippen LogP contribution in [-0.2, 0) is 13.0 Å². The van der Waals surface area contributed by atoms with Gasteiger partial charge < -0.3 is 11.1 Å². The smallest absolute Gasteiger partial charge is 0.0234 e. The van der Waals surface area contributed by atoms with Crippen LogP contribution in [0, 0.1) is 0 Å². The summed E-state index contributed by atoms with van der Waals surface area (Å²) in [4.78, 5) is 2.50. The molecule has 0 aromatic heterocycles. The van der Waals surface area contributed by atoms with Crippen molar-refractivity contribution in [2.24, 2.45) is 5.73 Å². The van der Waals surface area contributed by atoms with Crippen LogP contribution in [0.4, 0.5) is 0 Å². The Morgan fingerprint density at radius 2 is 1.67 bits per heavy atom. The molecule has 0 bridgehead atoms. The van der Waals surface area contributed by atoms with E-state index in [1.165, 1.54) is 11.1 Å². The normalized spacial score (nSPS) is 17.9. The standard InChI is InChI=1S/C15H25N3/c1-15(2,16)11-13-3-5-14(6-4-13)12-18-9-7-17-8-10-18/h3-6,17H,7-12,16H2,1-2H3. The molecule has 1 fully saturated rings. The molecule has 0 unspecified atom stereocenters. The van der Waals surface area contributed by atoms with E-state index in [1.807, 2.05) is 0 Å². The molecule has 0 radical (unpaired) electrons. The molecule has 0 amide bonds. The average Bonchev–Trinajstić information content (AvgIpc) is 2.31. The van der Waals surface area contributed by atoms with E-state index in [2.05, 4.69) is 48.3 Å². The topological polar surface area (TPSA) is 41.3 Å². The van der Waals surface area contributed by atoms with Crippen molar-refractivity contribution in [3.05, 3.63) is 35.4 Å². The van der Waals surface area contributed by atoms with Gasteiger partial charge in [-0.2, -0.15) is 0 Å². The molecule has 1 aliphatic rings. The highest BCUT2D eigenvalue weighted by molar-refractivity contribution is 5.24. The molecule has 3 nitrogen and oxygen atoms in total. The Kier molecular flexibility index (Phi) is 4.38. The third-order valence-electron chi connectivity index (χ3n) is 3.30. The molecule has 100 valence electrons. The summed E-state index contributed by atoms with van der Waals surface area (Å²) in [6.45, 7) is 9.73. The SMILES string of the molecule is CC(C)(N)Cc1ccc(CN2CCNCC2)cc1. The maximum absolute atomic E-state index is 6.04. The molecule has 1 heterocycles. The van der Waals surface area contributed by atoms with Crippen molar-refractivity contribution in [2.45, 2.75) is 32.4 Å². The van der Waals surface area contributed by atoms with Crippen LogP contribution in [0.1, 0.15) is 25.0 Å². The number of piperazine rings is 1. The van der Waals surface area contributed by atoms with Gasteiger partial charge >= 0.3 is 0 Å². The van der Waals surface area contributed by atoms with Crippen molar-refractivity contribution < 1.29 is 0 Å². The van der Waals surface area contributed by atoms with E-state index in [4.69, 9.17) is 5.73 Å². The van der Waals surface area contributed by atoms with E-state index >= 15 is 0 Å². The number of hydrogen-bond acceptors (Lipinski definition) is 3. The molecular weight excluding hydrogens is 222 g/mol. The first kappa shape index (κ1) is 13.5. The second-order valence-electron chi connectivity index (χ2n) is 6.01. The van der Waals surface area contributed by atoms with Crippen LogP contribution >= 0.6 is 0 Å². The van der Waals surface area contributed by atoms with Gasteiger partial charge in [-0.3, -0.25) is 4.90 Å². The summed E-state index contributed by atoms with van der Waals surface area (Å²) in [6, 6.07) is 8.91. The summed E-state index contributed by atoms with van der Waals surface area (Å²) in [5, 5.41) is 3.38. The van der Waals surface area contributed by atoms with Crippen molar-refractivity contribution in [3.8, 4) is 0 Å². The first-order valence-electron chi connectivity index (χ1n) is 6.83. The van der Waals surface area contributed by atoms with Crippen molar-refractivity contribution >= 4 is 0 Å². The Morgan fingerprint density at radius 3 is 2.22 bits per heavy atom. The number of rotatable bonds is 4. The van der Waals surface area contributed by atoms with Crippen molar-refractivity contribution in [2.75, 3.05) is 26.2 Å². The van der Waals surface area contributed by atoms with E-state index in [0.717, 1.165) is 39.1 Å². The zero-order chi connectivity index (χ0) is 13.0. The van der Waals surface area contributed by atoms with Gasteiger partial charge in [0.15, 0.2) is 0 Å². The van der Waals surface area contributed by atoms with Crippen LogP contribution in [0.2, 0.25) is 0 Å². The second-order valence-corrected chi connectivity index (χ2v) is 6.01. The maximum Gasteiger partial charge on any atom is 0.0234 e. The summed E-state index contributed by atoms with van der Waals surface area (Å²) >= 11 is 0. The van der Waals surface area contributed by atoms with Gasteiger partial charge in [0, 0.05) is 38.3 Å². The van der Waals surface area contributed by atoms with Gasteiger partial charge in [0.25, 0.3) is 0 Å². The molecule has 1 aromatic carbocycles. The number of nitrogens with one attached hydrogen (secondary N) is 1. The number of benzene rings is 1. The zero-order valence-corrected chi connectivity index (χ0v) is 11.6. The van der Waals surface area contributed by atoms with Gasteiger partial charge in [0.1, 0.15) is 0 Å². The Morgan fingerprint density at radius 1 is 1.11 bits per heavy atom. The number of nitrogens with zero attached hydrogens (tertiary/aromatic N) is 1. The van der Waals surface area contributed by atoms with Crippen LogP contribution in [0.15, 0.2) is 24.3 Å². The monoisotopic (exact) mass is 247 g/mol. The van der Waals surface area contributed by atoms with E-state index in [-0.39, 0.29) is 5.54 Å². The van der Waals surface area contributed by atoms with Gasteiger partial charge in [-0.25, -0.2) is 0 Å². The van der Waals surface area contributed by atoms with Gasteiger partial charge in [-0.1, -0.05) is 24.3 Å². The molecule has 3 N–H and O–H groups in total. The van der Waals surface area contributed by atoms with Crippen LogP contribution in [0.3, 0.4) is 0 Å². The molecule has 0 atom stereocenters. The first-order chi connectivity index (χ1) is 8.53. The van der Waals surface area contributed by atoms with Crippen molar-refractivity contribution in [1.82, 2.24) is 10.2 Å². The fourth-order valence-electron chi connectivity index (χ4n) is 2.42. The zero-order valence-electron chi connectivity index (χ0n) is 11.6. The van der Waals surface area contributed by atoms with Crippen LogP contribution < -0.4 is 11.1 Å². The Hall–Kier alpha value is -0.900. The third kappa shape index (κ3) is 4.41. The van der Waals surface area contributed by atoms with E-state index < -0.39 is 0 Å². The third-order valence-corrected chi connectivity index (χ3v) is 3.30. The Balaban J connectivity index is 1.90. The summed E-state index contributed by atoms with van der Waals surface area (Å²) < 4.78 is 0. The lowest BCUT2D eigenvalue weighted by atomic mass is 9.95. The summed E-state index contributed by atoms with van der Waals surface area (Å²) in [5.74, 6) is 0. The second kappa shape index (κ2) is 5.83. The highest BCUT2D eigenvalue weighted by atomic mass is 15.2. The van der Waals surface area contributed by atoms with Gasteiger partial charge in [-0.05, 0) is 31.4 Å². The quantitative estimate of drug-likeness (QED) is 0.844. The van der Waals surface area contributed by atoms with Crippen molar-refractivity contribution in [1.29, 1.82) is 0 Å². The largest absolute Gasteiger partial charge is 0.325 e. The minimum absolute atomic E-state index is 0.125. The lowest BCUT2D eigenvalue weighted by Gasteiger charge is -2.27. The minimum atomic E-state index is -0.125. The van der Waals surface area contributed by atoms with Crippen molar-refractivity contribution in [3.63, 3.8) is 0 Å². The lowest BCUT2D eigenvalue weighted by Crippen LogP contribution is -2.42. The molecular formula is C15H25N3. The van der Waals surface area contributed by atoms with Gasteiger partial charge in [0.05, 0.1) is 0 Å². The highest BCUT2D eigenvalue weighted by Crippen LogP contribution is 2.13. The molecule has 1 aliphatic heterocycles. The fraction of sp³-hybridized carbons (Fsp3) is 0.600. The van der Waals surface area contributed by atoms with Gasteiger partial charge in [0.2, 0.25) is 0 Å². The Bertz CT molecular complexity index is 358. The molecule has 1 saturated heterocycles. The fourth-order valence-corrected chi connectivity index (χ4v) is 2.42. The molecule has 18 heavy (non-hydrogen) atoms. The Labute approximate surface area is 110 Å². The summed E-state index contributed by atoms with van der Waals surface area (Å²) in [6.07, 6.45) is 0.931. The number of hydrogen-bond donors (Lipinski definition) is 2. The summed E-state index contributed by atoms with van der Waals surface area (Å²) in [7, 11) is 0. The highest BCUT2D eigenvalue weighted by Gasteiger charge is 2.12. The van der Waals surface area contributed by atoms with Crippen LogP contribution in [-0.4, -0.2) is 36.6 Å². The predicted molar refractivity (Wildman–Crippen MR) is 76.6 cm³/mol. The maximum atomic E-state index is 6.04. The van der Waals surface area contributed by atoms with Gasteiger partial charge in [-0.15, -0.1) is 0 Å². The average molecular weight is 247 g/mol. The van der Waals surface area contributed by atoms with E-state index in [0.29, 0.717) is 0 Å². The predicted octanol–water partition coefficient (Wildman–Crippen LogP) is 1.37. The molecule has 3 heteroatoms. The van der Waals surface area contributed by atoms with Crippen LogP contribution in [0.25, 0.3) is 0 Å². The molecule has 1 aromatic rings. The van der Waals surface area contributed by atoms with Crippen LogP contribution in [0.5, 0.6) is 0 Å². The summed E-state index contributed by atoms with van der Waals surface area (Å²) in [5.41, 5.74) is 8.64. The van der Waals surface area contributed by atoms with E-state index in [1.54, 1.807) is 0 Å². The molecule has 0 saturated carbocycles. The molecule has 0 aliphatic carbocycles. The lowest BCUT2D eigenvalue weighted by molar-refractivity contribution is 0.233. The molecule has 0 spiro atoms. The minimum Gasteiger partial charge on any atom is -0.325 e. The first-order valence-corrected chi connectivity index (χ1v) is 6.83. The number of nitrogens with two attached hydrogens (primary N) is 1.